The molecule has 0 bridgehead atoms. The van der Waals surface area contributed by atoms with Gasteiger partial charge in [-0.25, -0.2) is 0 Å². The SMILES string of the molecule is CCCC(C)(Pc1ccccc1C=O)c1cc(Cc2ccccc2)ccc1OCc1ccccc1. The fourth-order valence-electron chi connectivity index (χ4n) is 4.59. The van der Waals surface area contributed by atoms with E-state index in [1.54, 1.807) is 0 Å². The molecule has 0 fully saturated rings. The molecule has 0 spiro atoms. The molecule has 2 nitrogen and oxygen atoms in total. The van der Waals surface area contributed by atoms with Crippen LogP contribution in [0.4, 0.5) is 0 Å². The van der Waals surface area contributed by atoms with Crippen molar-refractivity contribution >= 4 is 20.2 Å². The minimum Gasteiger partial charge on any atom is -0.489 e. The van der Waals surface area contributed by atoms with E-state index in [1.807, 2.05) is 36.4 Å². The summed E-state index contributed by atoms with van der Waals surface area (Å²) in [5.41, 5.74) is 5.72. The average Bonchev–Trinajstić information content (AvgIpc) is 2.89. The highest BCUT2D eigenvalue weighted by molar-refractivity contribution is 7.48. The van der Waals surface area contributed by atoms with Crippen molar-refractivity contribution in [3.05, 3.63) is 131 Å². The number of hydrogen-bond acceptors (Lipinski definition) is 2. The molecule has 0 saturated heterocycles. The van der Waals surface area contributed by atoms with E-state index in [-0.39, 0.29) is 5.16 Å². The van der Waals surface area contributed by atoms with Crippen molar-refractivity contribution in [3.63, 3.8) is 0 Å². The number of benzene rings is 4. The van der Waals surface area contributed by atoms with Crippen molar-refractivity contribution < 1.29 is 9.53 Å². The first-order chi connectivity index (χ1) is 17.1. The number of carbonyl (C=O) groups excluding carboxylic acids is 1. The fourth-order valence-corrected chi connectivity index (χ4v) is 6.35. The Morgan fingerprint density at radius 1 is 0.800 bits per heavy atom. The first-order valence-electron chi connectivity index (χ1n) is 12.3. The molecular weight excluding hydrogens is 447 g/mol. The van der Waals surface area contributed by atoms with Gasteiger partial charge in [0.15, 0.2) is 6.29 Å². The normalized spacial score (nSPS) is 13.0. The summed E-state index contributed by atoms with van der Waals surface area (Å²) < 4.78 is 6.45. The summed E-state index contributed by atoms with van der Waals surface area (Å²) >= 11 is 0. The van der Waals surface area contributed by atoms with Gasteiger partial charge < -0.3 is 4.74 Å². The summed E-state index contributed by atoms with van der Waals surface area (Å²) in [5.74, 6) is 0.928. The van der Waals surface area contributed by atoms with E-state index in [1.165, 1.54) is 16.7 Å². The van der Waals surface area contributed by atoms with Crippen LogP contribution in [0.15, 0.2) is 103 Å². The van der Waals surface area contributed by atoms with E-state index in [9.17, 15) is 4.79 Å². The Kier molecular flexibility index (Phi) is 8.50. The summed E-state index contributed by atoms with van der Waals surface area (Å²) in [6.45, 7) is 5.09. The zero-order valence-corrected chi connectivity index (χ0v) is 21.5. The van der Waals surface area contributed by atoms with Gasteiger partial charge in [-0.3, -0.25) is 4.79 Å². The van der Waals surface area contributed by atoms with Crippen LogP contribution in [-0.2, 0) is 18.2 Å². The average molecular weight is 481 g/mol. The number of hydrogen-bond donors (Lipinski definition) is 0. The molecule has 35 heavy (non-hydrogen) atoms. The van der Waals surface area contributed by atoms with Gasteiger partial charge in [0.1, 0.15) is 12.4 Å². The maximum Gasteiger partial charge on any atom is 0.150 e. The zero-order valence-electron chi connectivity index (χ0n) is 20.5. The van der Waals surface area contributed by atoms with Crippen LogP contribution in [0.5, 0.6) is 5.75 Å². The predicted molar refractivity (Wildman–Crippen MR) is 149 cm³/mol. The monoisotopic (exact) mass is 480 g/mol. The molecule has 2 unspecified atom stereocenters. The Labute approximate surface area is 211 Å². The molecule has 0 N–H and O–H groups in total. The molecule has 3 heteroatoms. The van der Waals surface area contributed by atoms with Gasteiger partial charge in [0, 0.05) is 16.3 Å². The molecule has 4 rings (SSSR count). The number of rotatable bonds is 11. The van der Waals surface area contributed by atoms with Gasteiger partial charge in [0.25, 0.3) is 0 Å². The summed E-state index contributed by atoms with van der Waals surface area (Å²) in [6.07, 6.45) is 3.92. The third kappa shape index (κ3) is 6.47. The second-order valence-electron chi connectivity index (χ2n) is 9.18. The minimum atomic E-state index is -0.146. The molecule has 4 aromatic carbocycles. The highest BCUT2D eigenvalue weighted by Crippen LogP contribution is 2.49. The zero-order chi connectivity index (χ0) is 24.5. The van der Waals surface area contributed by atoms with Crippen molar-refractivity contribution in [1.82, 2.24) is 0 Å². The molecule has 0 aliphatic heterocycles. The molecule has 2 atom stereocenters. The molecule has 0 aromatic heterocycles. The standard InChI is InChI=1S/C32H33O2P/c1-3-20-32(2,35-31-17-11-10-16-28(31)23-33)29-22-27(21-25-12-6-4-7-13-25)18-19-30(29)34-24-26-14-8-5-9-15-26/h4-19,22-23,35H,3,20-21,24H2,1-2H3. The molecule has 0 saturated carbocycles. The molecule has 4 aromatic rings. The molecule has 0 aliphatic rings. The van der Waals surface area contributed by atoms with Crippen molar-refractivity contribution in [2.45, 2.75) is 44.9 Å². The van der Waals surface area contributed by atoms with Crippen LogP contribution in [-0.4, -0.2) is 6.29 Å². The fraction of sp³-hybridized carbons (Fsp3) is 0.219. The largest absolute Gasteiger partial charge is 0.489 e. The lowest BCUT2D eigenvalue weighted by molar-refractivity contribution is 0.112. The highest BCUT2D eigenvalue weighted by atomic mass is 31.1. The first-order valence-corrected chi connectivity index (χ1v) is 13.3. The molecular formula is C32H33O2P. The van der Waals surface area contributed by atoms with E-state index in [2.05, 4.69) is 80.6 Å². The Morgan fingerprint density at radius 3 is 2.14 bits per heavy atom. The summed E-state index contributed by atoms with van der Waals surface area (Å²) in [6, 6.07) is 35.5. The molecule has 0 heterocycles. The van der Waals surface area contributed by atoms with Gasteiger partial charge >= 0.3 is 0 Å². The molecule has 178 valence electrons. The third-order valence-corrected chi connectivity index (χ3v) is 8.17. The van der Waals surface area contributed by atoms with Gasteiger partial charge in [-0.15, -0.1) is 0 Å². The molecule has 0 aliphatic carbocycles. The van der Waals surface area contributed by atoms with E-state index < -0.39 is 0 Å². The maximum absolute atomic E-state index is 11.8. The van der Waals surface area contributed by atoms with Gasteiger partial charge in [-0.05, 0) is 40.9 Å². The van der Waals surface area contributed by atoms with Crippen LogP contribution < -0.4 is 10.0 Å². The third-order valence-electron chi connectivity index (χ3n) is 6.37. The van der Waals surface area contributed by atoms with Crippen LogP contribution in [0.2, 0.25) is 0 Å². The van der Waals surface area contributed by atoms with Crippen LogP contribution in [0, 0.1) is 0 Å². The quantitative estimate of drug-likeness (QED) is 0.162. The van der Waals surface area contributed by atoms with Crippen molar-refractivity contribution in [2.24, 2.45) is 0 Å². The topological polar surface area (TPSA) is 26.3 Å². The highest BCUT2D eigenvalue weighted by Gasteiger charge is 2.31. The van der Waals surface area contributed by atoms with Crippen LogP contribution in [0.25, 0.3) is 0 Å². The van der Waals surface area contributed by atoms with Crippen LogP contribution in [0.1, 0.15) is 59.3 Å². The van der Waals surface area contributed by atoms with Gasteiger partial charge in [-0.2, -0.15) is 0 Å². The molecule has 0 amide bonds. The van der Waals surface area contributed by atoms with Crippen LogP contribution in [0.3, 0.4) is 0 Å². The number of ether oxygens (including phenoxy) is 1. The Balaban J connectivity index is 1.73. The van der Waals surface area contributed by atoms with Gasteiger partial charge in [0.2, 0.25) is 0 Å². The summed E-state index contributed by atoms with van der Waals surface area (Å²) in [5, 5.41) is 0.966. The Hall–Kier alpha value is -3.22. The number of aldehydes is 1. The second kappa shape index (κ2) is 12.0. The minimum absolute atomic E-state index is 0.146. The summed E-state index contributed by atoms with van der Waals surface area (Å²) in [4.78, 5) is 11.8. The smallest absolute Gasteiger partial charge is 0.150 e. The van der Waals surface area contributed by atoms with Crippen molar-refractivity contribution in [2.75, 3.05) is 0 Å². The Bertz CT molecular complexity index is 1240. The lowest BCUT2D eigenvalue weighted by Gasteiger charge is -2.33. The lowest BCUT2D eigenvalue weighted by atomic mass is 9.91. The first kappa shape index (κ1) is 24.9. The van der Waals surface area contributed by atoms with Crippen molar-refractivity contribution in [1.29, 1.82) is 0 Å². The predicted octanol–water partition coefficient (Wildman–Crippen LogP) is 7.69. The Morgan fingerprint density at radius 2 is 1.46 bits per heavy atom. The van der Waals surface area contributed by atoms with Gasteiger partial charge in [0.05, 0.1) is 0 Å². The van der Waals surface area contributed by atoms with E-state index >= 15 is 0 Å². The van der Waals surface area contributed by atoms with Crippen molar-refractivity contribution in [3.8, 4) is 5.75 Å². The van der Waals surface area contributed by atoms with Crippen LogP contribution >= 0.6 is 8.58 Å². The van der Waals surface area contributed by atoms with E-state index in [4.69, 9.17) is 4.74 Å². The van der Waals surface area contributed by atoms with E-state index in [0.29, 0.717) is 15.2 Å². The maximum atomic E-state index is 11.8. The molecule has 0 radical (unpaired) electrons. The second-order valence-corrected chi connectivity index (χ2v) is 11.1. The van der Waals surface area contributed by atoms with E-state index in [0.717, 1.165) is 47.7 Å². The lowest BCUT2D eigenvalue weighted by Crippen LogP contribution is -2.22. The summed E-state index contributed by atoms with van der Waals surface area (Å²) in [7, 11) is 0.459. The number of carbonyl (C=O) groups is 1. The van der Waals surface area contributed by atoms with Gasteiger partial charge in [-0.1, -0.05) is 126 Å².